The zero-order valence-corrected chi connectivity index (χ0v) is 16.5. The second-order valence-corrected chi connectivity index (χ2v) is 7.52. The molecule has 2 amide bonds. The minimum Gasteiger partial charge on any atom is -0.494 e. The van der Waals surface area contributed by atoms with Crippen molar-refractivity contribution in [1.29, 1.82) is 0 Å². The molecule has 1 heterocycles. The van der Waals surface area contributed by atoms with Gasteiger partial charge in [0, 0.05) is 12.1 Å². The highest BCUT2D eigenvalue weighted by atomic mass is 32.2. The van der Waals surface area contributed by atoms with E-state index in [1.54, 1.807) is 12.1 Å². The molecule has 0 spiro atoms. The number of ether oxygens (including phenoxy) is 1. The van der Waals surface area contributed by atoms with E-state index in [0.717, 1.165) is 24.3 Å². The van der Waals surface area contributed by atoms with Gasteiger partial charge in [-0.2, -0.15) is 0 Å². The lowest BCUT2D eigenvalue weighted by atomic mass is 10.2. The standard InChI is InChI=1S/C21H23N3O3S/c1-2-3-13-27-17-11-9-16(10-12-17)22-19(25)14-18-20(26)24-21(28-18)23-15-7-5-4-6-8-15/h4-12,18H,2-3,13-14H2,1H3,(H,22,25)(H,23,24,26). The highest BCUT2D eigenvalue weighted by Crippen LogP contribution is 2.25. The van der Waals surface area contributed by atoms with Crippen LogP contribution in [0, 0.1) is 0 Å². The van der Waals surface area contributed by atoms with E-state index in [9.17, 15) is 9.59 Å². The molecule has 6 nitrogen and oxygen atoms in total. The van der Waals surface area contributed by atoms with Crippen molar-refractivity contribution in [2.24, 2.45) is 4.99 Å². The number of amidine groups is 1. The second-order valence-electron chi connectivity index (χ2n) is 6.33. The van der Waals surface area contributed by atoms with Crippen molar-refractivity contribution in [1.82, 2.24) is 5.32 Å². The Bertz CT molecular complexity index is 838. The Morgan fingerprint density at radius 2 is 1.93 bits per heavy atom. The summed E-state index contributed by atoms with van der Waals surface area (Å²) in [7, 11) is 0. The summed E-state index contributed by atoms with van der Waals surface area (Å²) < 4.78 is 5.61. The van der Waals surface area contributed by atoms with Crippen LogP contribution >= 0.6 is 11.8 Å². The molecule has 1 saturated heterocycles. The number of unbranched alkanes of at least 4 members (excludes halogenated alkanes) is 1. The molecule has 1 atom stereocenters. The second kappa shape index (κ2) is 9.94. The van der Waals surface area contributed by atoms with Crippen LogP contribution in [-0.2, 0) is 9.59 Å². The summed E-state index contributed by atoms with van der Waals surface area (Å²) in [6.45, 7) is 2.80. The fraction of sp³-hybridized carbons (Fsp3) is 0.286. The molecule has 3 rings (SSSR count). The molecule has 1 aliphatic heterocycles. The van der Waals surface area contributed by atoms with Crippen LogP contribution in [0.15, 0.2) is 59.6 Å². The normalized spacial score (nSPS) is 17.4. The van der Waals surface area contributed by atoms with Gasteiger partial charge in [-0.25, -0.2) is 4.99 Å². The first-order chi connectivity index (χ1) is 13.6. The lowest BCUT2D eigenvalue weighted by Crippen LogP contribution is -2.28. The minimum absolute atomic E-state index is 0.0824. The molecule has 1 unspecified atom stereocenters. The summed E-state index contributed by atoms with van der Waals surface area (Å²) in [5.41, 5.74) is 1.44. The van der Waals surface area contributed by atoms with Gasteiger partial charge in [0.05, 0.1) is 12.3 Å². The van der Waals surface area contributed by atoms with Crippen molar-refractivity contribution in [3.05, 3.63) is 54.6 Å². The Hall–Kier alpha value is -2.80. The number of thioether (sulfide) groups is 1. The fourth-order valence-corrected chi connectivity index (χ4v) is 3.55. The Balaban J connectivity index is 1.50. The Kier molecular flexibility index (Phi) is 7.08. The van der Waals surface area contributed by atoms with Crippen LogP contribution in [0.4, 0.5) is 11.4 Å². The van der Waals surface area contributed by atoms with Gasteiger partial charge in [0.25, 0.3) is 0 Å². The fourth-order valence-electron chi connectivity index (χ4n) is 2.56. The Labute approximate surface area is 168 Å². The predicted octanol–water partition coefficient (Wildman–Crippen LogP) is 4.11. The van der Waals surface area contributed by atoms with E-state index in [1.165, 1.54) is 11.8 Å². The first-order valence-electron chi connectivity index (χ1n) is 9.28. The average Bonchev–Trinajstić information content (AvgIpc) is 3.03. The number of amides is 2. The number of hydrogen-bond donors (Lipinski definition) is 2. The lowest BCUT2D eigenvalue weighted by molar-refractivity contribution is -0.122. The molecule has 1 aliphatic rings. The van der Waals surface area contributed by atoms with Crippen molar-refractivity contribution in [2.45, 2.75) is 31.4 Å². The number of nitrogens with one attached hydrogen (secondary N) is 2. The summed E-state index contributed by atoms with van der Waals surface area (Å²) in [5, 5.41) is 5.58. The van der Waals surface area contributed by atoms with Crippen molar-refractivity contribution in [3.8, 4) is 5.75 Å². The molecule has 7 heteroatoms. The minimum atomic E-state index is -0.487. The molecule has 2 aromatic carbocycles. The number of benzene rings is 2. The lowest BCUT2D eigenvalue weighted by Gasteiger charge is -2.09. The maximum absolute atomic E-state index is 12.3. The molecule has 0 saturated carbocycles. The average molecular weight is 398 g/mol. The summed E-state index contributed by atoms with van der Waals surface area (Å²) in [5.74, 6) is 0.363. The number of carbonyl (C=O) groups is 2. The maximum Gasteiger partial charge on any atom is 0.240 e. The monoisotopic (exact) mass is 397 g/mol. The highest BCUT2D eigenvalue weighted by molar-refractivity contribution is 8.15. The third-order valence-electron chi connectivity index (χ3n) is 4.04. The van der Waals surface area contributed by atoms with E-state index >= 15 is 0 Å². The summed E-state index contributed by atoms with van der Waals surface area (Å²) in [6, 6.07) is 16.6. The number of anilines is 1. The van der Waals surface area contributed by atoms with E-state index in [0.29, 0.717) is 17.5 Å². The molecule has 2 aromatic rings. The summed E-state index contributed by atoms with van der Waals surface area (Å²) in [6.07, 6.45) is 2.17. The van der Waals surface area contributed by atoms with E-state index in [2.05, 4.69) is 22.5 Å². The Morgan fingerprint density at radius 3 is 2.64 bits per heavy atom. The number of nitrogens with zero attached hydrogens (tertiary/aromatic N) is 1. The van der Waals surface area contributed by atoms with Crippen LogP contribution in [0.5, 0.6) is 5.75 Å². The highest BCUT2D eigenvalue weighted by Gasteiger charge is 2.32. The first kappa shape index (κ1) is 19.9. The molecular formula is C21H23N3O3S. The maximum atomic E-state index is 12.3. The van der Waals surface area contributed by atoms with Gasteiger partial charge in [-0.1, -0.05) is 43.3 Å². The van der Waals surface area contributed by atoms with E-state index in [1.807, 2.05) is 42.5 Å². The molecule has 0 aromatic heterocycles. The number of carbonyl (C=O) groups excluding carboxylic acids is 2. The van der Waals surface area contributed by atoms with Crippen LogP contribution in [0.2, 0.25) is 0 Å². The van der Waals surface area contributed by atoms with Gasteiger partial charge in [0.1, 0.15) is 11.0 Å². The predicted molar refractivity (Wildman–Crippen MR) is 113 cm³/mol. The molecule has 28 heavy (non-hydrogen) atoms. The van der Waals surface area contributed by atoms with E-state index in [-0.39, 0.29) is 18.2 Å². The van der Waals surface area contributed by atoms with E-state index in [4.69, 9.17) is 4.74 Å². The first-order valence-corrected chi connectivity index (χ1v) is 10.2. The zero-order valence-electron chi connectivity index (χ0n) is 15.7. The van der Waals surface area contributed by atoms with Crippen molar-refractivity contribution >= 4 is 40.1 Å². The largest absolute Gasteiger partial charge is 0.494 e. The SMILES string of the molecule is CCCCOc1ccc(NC(=O)CC2SC(=Nc3ccccc3)NC2=O)cc1. The van der Waals surface area contributed by atoms with Crippen LogP contribution in [0.3, 0.4) is 0 Å². The number of rotatable bonds is 8. The van der Waals surface area contributed by atoms with Crippen LogP contribution in [0.1, 0.15) is 26.2 Å². The smallest absolute Gasteiger partial charge is 0.240 e. The summed E-state index contributed by atoms with van der Waals surface area (Å²) in [4.78, 5) is 28.8. The van der Waals surface area contributed by atoms with Crippen LogP contribution < -0.4 is 15.4 Å². The number of hydrogen-bond acceptors (Lipinski definition) is 5. The van der Waals surface area contributed by atoms with Crippen LogP contribution in [-0.4, -0.2) is 28.8 Å². The molecule has 0 bridgehead atoms. The van der Waals surface area contributed by atoms with Crippen molar-refractivity contribution in [3.63, 3.8) is 0 Å². The van der Waals surface area contributed by atoms with Gasteiger partial charge >= 0.3 is 0 Å². The summed E-state index contributed by atoms with van der Waals surface area (Å²) >= 11 is 1.27. The third kappa shape index (κ3) is 5.85. The molecule has 0 aliphatic carbocycles. The van der Waals surface area contributed by atoms with Gasteiger partial charge in [-0.3, -0.25) is 9.59 Å². The van der Waals surface area contributed by atoms with Gasteiger partial charge in [0.2, 0.25) is 11.8 Å². The van der Waals surface area contributed by atoms with Gasteiger partial charge in [0.15, 0.2) is 5.17 Å². The zero-order chi connectivity index (χ0) is 19.8. The van der Waals surface area contributed by atoms with Crippen molar-refractivity contribution in [2.75, 3.05) is 11.9 Å². The number of para-hydroxylation sites is 1. The quantitative estimate of drug-likeness (QED) is 0.657. The number of aliphatic imine (C=N–C) groups is 1. The van der Waals surface area contributed by atoms with Gasteiger partial charge in [-0.05, 0) is 42.8 Å². The van der Waals surface area contributed by atoms with Gasteiger partial charge in [-0.15, -0.1) is 0 Å². The van der Waals surface area contributed by atoms with Crippen LogP contribution in [0.25, 0.3) is 0 Å². The van der Waals surface area contributed by atoms with E-state index < -0.39 is 5.25 Å². The molecular weight excluding hydrogens is 374 g/mol. The molecule has 2 N–H and O–H groups in total. The molecule has 1 fully saturated rings. The van der Waals surface area contributed by atoms with Crippen molar-refractivity contribution < 1.29 is 14.3 Å². The third-order valence-corrected chi connectivity index (χ3v) is 5.12. The van der Waals surface area contributed by atoms with Gasteiger partial charge < -0.3 is 15.4 Å². The Morgan fingerprint density at radius 1 is 1.18 bits per heavy atom. The molecule has 146 valence electrons. The molecule has 0 radical (unpaired) electrons. The topological polar surface area (TPSA) is 79.8 Å².